The van der Waals surface area contributed by atoms with Crippen molar-refractivity contribution < 1.29 is 4.74 Å². The summed E-state index contributed by atoms with van der Waals surface area (Å²) in [4.78, 5) is 4.16. The number of aryl methyl sites for hydroxylation is 1. The van der Waals surface area contributed by atoms with E-state index in [2.05, 4.69) is 40.1 Å². The third kappa shape index (κ3) is 4.62. The fourth-order valence-electron chi connectivity index (χ4n) is 1.10. The van der Waals surface area contributed by atoms with Gasteiger partial charge < -0.3 is 10.1 Å². The van der Waals surface area contributed by atoms with Crippen LogP contribution in [0.5, 0.6) is 5.88 Å². The van der Waals surface area contributed by atoms with Crippen LogP contribution in [0.2, 0.25) is 0 Å². The van der Waals surface area contributed by atoms with Crippen LogP contribution in [0, 0.1) is 6.92 Å². The Hall–Kier alpha value is -0.610. The highest BCUT2D eigenvalue weighted by Gasteiger charge is 1.99. The molecule has 1 heterocycles. The van der Waals surface area contributed by atoms with Crippen LogP contribution in [0.3, 0.4) is 0 Å². The Morgan fingerprint density at radius 2 is 2.27 bits per heavy atom. The molecule has 0 saturated heterocycles. The third-order valence-electron chi connectivity index (χ3n) is 1.93. The summed E-state index contributed by atoms with van der Waals surface area (Å²) >= 11 is 3.40. The van der Waals surface area contributed by atoms with E-state index < -0.39 is 0 Å². The molecule has 0 spiro atoms. The van der Waals surface area contributed by atoms with E-state index in [-0.39, 0.29) is 0 Å². The minimum Gasteiger partial charge on any atom is -0.476 e. The number of nitrogens with zero attached hydrogens (tertiary/aromatic N) is 1. The molecule has 0 unspecified atom stereocenters. The topological polar surface area (TPSA) is 34.1 Å². The van der Waals surface area contributed by atoms with Crippen LogP contribution in [0.25, 0.3) is 0 Å². The predicted molar refractivity (Wildman–Crippen MR) is 65.3 cm³/mol. The Morgan fingerprint density at radius 3 is 2.87 bits per heavy atom. The zero-order valence-electron chi connectivity index (χ0n) is 9.38. The molecule has 0 saturated carbocycles. The summed E-state index contributed by atoms with van der Waals surface area (Å²) in [5, 5.41) is 3.28. The first-order chi connectivity index (χ1) is 7.09. The lowest BCUT2D eigenvalue weighted by Crippen LogP contribution is -2.27. The first-order valence-electron chi connectivity index (χ1n) is 5.08. The SMILES string of the molecule is Cc1cc(OCCNC(C)C)ncc1Br. The number of ether oxygens (including phenoxy) is 1. The fourth-order valence-corrected chi connectivity index (χ4v) is 1.31. The van der Waals surface area contributed by atoms with Gasteiger partial charge in [-0.3, -0.25) is 0 Å². The molecule has 4 heteroatoms. The van der Waals surface area contributed by atoms with Gasteiger partial charge in [0.1, 0.15) is 6.61 Å². The number of nitrogens with one attached hydrogen (secondary N) is 1. The van der Waals surface area contributed by atoms with Crippen molar-refractivity contribution in [3.8, 4) is 5.88 Å². The molecule has 1 N–H and O–H groups in total. The van der Waals surface area contributed by atoms with E-state index >= 15 is 0 Å². The number of rotatable bonds is 5. The lowest BCUT2D eigenvalue weighted by atomic mass is 10.3. The van der Waals surface area contributed by atoms with Crippen molar-refractivity contribution in [2.75, 3.05) is 13.2 Å². The average molecular weight is 273 g/mol. The van der Waals surface area contributed by atoms with Gasteiger partial charge in [-0.1, -0.05) is 13.8 Å². The van der Waals surface area contributed by atoms with Gasteiger partial charge in [-0.05, 0) is 28.4 Å². The zero-order valence-corrected chi connectivity index (χ0v) is 11.0. The van der Waals surface area contributed by atoms with Gasteiger partial charge >= 0.3 is 0 Å². The minimum absolute atomic E-state index is 0.494. The minimum atomic E-state index is 0.494. The van der Waals surface area contributed by atoms with Crippen LogP contribution in [0.15, 0.2) is 16.7 Å². The standard InChI is InChI=1S/C11H17BrN2O/c1-8(2)13-4-5-15-11-6-9(3)10(12)7-14-11/h6-8,13H,4-5H2,1-3H3. The Bertz CT molecular complexity index is 315. The molecule has 84 valence electrons. The van der Waals surface area contributed by atoms with Crippen molar-refractivity contribution in [2.45, 2.75) is 26.8 Å². The summed E-state index contributed by atoms with van der Waals surface area (Å²) in [6, 6.07) is 2.42. The monoisotopic (exact) mass is 272 g/mol. The number of hydrogen-bond donors (Lipinski definition) is 1. The van der Waals surface area contributed by atoms with Gasteiger partial charge in [0, 0.05) is 29.3 Å². The van der Waals surface area contributed by atoms with Crippen molar-refractivity contribution in [1.29, 1.82) is 0 Å². The summed E-state index contributed by atoms with van der Waals surface area (Å²) < 4.78 is 6.51. The first kappa shape index (κ1) is 12.5. The predicted octanol–water partition coefficient (Wildman–Crippen LogP) is 2.53. The lowest BCUT2D eigenvalue weighted by molar-refractivity contribution is 0.297. The lowest BCUT2D eigenvalue weighted by Gasteiger charge is -2.09. The van der Waals surface area contributed by atoms with Crippen molar-refractivity contribution in [3.05, 3.63) is 22.3 Å². The van der Waals surface area contributed by atoms with E-state index in [1.807, 2.05) is 13.0 Å². The van der Waals surface area contributed by atoms with E-state index in [4.69, 9.17) is 4.74 Å². The van der Waals surface area contributed by atoms with Crippen LogP contribution in [-0.4, -0.2) is 24.2 Å². The van der Waals surface area contributed by atoms with Crippen molar-refractivity contribution in [2.24, 2.45) is 0 Å². The summed E-state index contributed by atoms with van der Waals surface area (Å²) in [6.45, 7) is 7.73. The number of halogens is 1. The molecule has 0 aliphatic heterocycles. The molecule has 1 aromatic heterocycles. The van der Waals surface area contributed by atoms with Crippen molar-refractivity contribution in [1.82, 2.24) is 10.3 Å². The van der Waals surface area contributed by atoms with E-state index in [9.17, 15) is 0 Å². The Morgan fingerprint density at radius 1 is 1.53 bits per heavy atom. The van der Waals surface area contributed by atoms with Crippen LogP contribution in [-0.2, 0) is 0 Å². The van der Waals surface area contributed by atoms with Crippen molar-refractivity contribution >= 4 is 15.9 Å². The van der Waals surface area contributed by atoms with Crippen molar-refractivity contribution in [3.63, 3.8) is 0 Å². The smallest absolute Gasteiger partial charge is 0.213 e. The van der Waals surface area contributed by atoms with Gasteiger partial charge in [-0.25, -0.2) is 4.98 Å². The number of aromatic nitrogens is 1. The molecule has 0 atom stereocenters. The summed E-state index contributed by atoms with van der Waals surface area (Å²) in [5.41, 5.74) is 1.14. The third-order valence-corrected chi connectivity index (χ3v) is 2.76. The highest BCUT2D eigenvalue weighted by Crippen LogP contribution is 2.18. The maximum Gasteiger partial charge on any atom is 0.213 e. The van der Waals surface area contributed by atoms with Gasteiger partial charge in [0.25, 0.3) is 0 Å². The van der Waals surface area contributed by atoms with E-state index in [1.165, 1.54) is 0 Å². The molecule has 1 rings (SSSR count). The second-order valence-corrected chi connectivity index (χ2v) is 4.58. The Labute approximate surface area is 99.4 Å². The van der Waals surface area contributed by atoms with E-state index in [0.717, 1.165) is 16.6 Å². The molecule has 0 bridgehead atoms. The molecule has 0 aromatic carbocycles. The van der Waals surface area contributed by atoms with Gasteiger partial charge in [0.05, 0.1) is 0 Å². The summed E-state index contributed by atoms with van der Waals surface area (Å²) in [7, 11) is 0. The highest BCUT2D eigenvalue weighted by molar-refractivity contribution is 9.10. The summed E-state index contributed by atoms with van der Waals surface area (Å²) in [6.07, 6.45) is 1.76. The van der Waals surface area contributed by atoms with Crippen LogP contribution < -0.4 is 10.1 Å². The molecule has 0 aliphatic carbocycles. The quantitative estimate of drug-likeness (QED) is 0.837. The van der Waals surface area contributed by atoms with Gasteiger partial charge in [0.2, 0.25) is 5.88 Å². The molecule has 15 heavy (non-hydrogen) atoms. The molecule has 1 aromatic rings. The molecular formula is C11H17BrN2O. The second kappa shape index (κ2) is 6.08. The van der Waals surface area contributed by atoms with Gasteiger partial charge in [0.15, 0.2) is 0 Å². The zero-order chi connectivity index (χ0) is 11.3. The number of hydrogen-bond acceptors (Lipinski definition) is 3. The molecule has 0 aliphatic rings. The van der Waals surface area contributed by atoms with Crippen LogP contribution >= 0.6 is 15.9 Å². The molecule has 3 nitrogen and oxygen atoms in total. The second-order valence-electron chi connectivity index (χ2n) is 3.73. The normalized spacial score (nSPS) is 10.7. The summed E-state index contributed by atoms with van der Waals surface area (Å²) in [5.74, 6) is 0.682. The van der Waals surface area contributed by atoms with E-state index in [0.29, 0.717) is 18.5 Å². The average Bonchev–Trinajstić information content (AvgIpc) is 2.18. The Kier molecular flexibility index (Phi) is 5.05. The molecule has 0 radical (unpaired) electrons. The maximum absolute atomic E-state index is 5.50. The number of pyridine rings is 1. The van der Waals surface area contributed by atoms with Crippen LogP contribution in [0.1, 0.15) is 19.4 Å². The van der Waals surface area contributed by atoms with E-state index in [1.54, 1.807) is 6.20 Å². The largest absolute Gasteiger partial charge is 0.476 e. The van der Waals surface area contributed by atoms with Crippen LogP contribution in [0.4, 0.5) is 0 Å². The Balaban J connectivity index is 2.35. The fraction of sp³-hybridized carbons (Fsp3) is 0.545. The maximum atomic E-state index is 5.50. The highest BCUT2D eigenvalue weighted by atomic mass is 79.9. The molecular weight excluding hydrogens is 256 g/mol. The molecule has 0 amide bonds. The first-order valence-corrected chi connectivity index (χ1v) is 5.87. The van der Waals surface area contributed by atoms with Gasteiger partial charge in [-0.2, -0.15) is 0 Å². The van der Waals surface area contributed by atoms with Gasteiger partial charge in [-0.15, -0.1) is 0 Å². The molecule has 0 fully saturated rings.